The molecule has 0 bridgehead atoms. The summed E-state index contributed by atoms with van der Waals surface area (Å²) in [5.41, 5.74) is 1.17. The average molecular weight is 313 g/mol. The van der Waals surface area contributed by atoms with E-state index in [0.29, 0.717) is 37.8 Å². The van der Waals surface area contributed by atoms with Gasteiger partial charge in [-0.2, -0.15) is 4.31 Å². The molecule has 0 atom stereocenters. The SMILES string of the molecule is CS(=O)(=O)N1CCN(C(=S)NCc2ccccc2)CC1. The molecular formula is C13H19N3O2S2. The summed E-state index contributed by atoms with van der Waals surface area (Å²) in [6, 6.07) is 10.0. The first-order chi connectivity index (χ1) is 9.47. The quantitative estimate of drug-likeness (QED) is 0.830. The molecule has 7 heteroatoms. The molecule has 1 aliphatic heterocycles. The Morgan fingerprint density at radius 3 is 2.35 bits per heavy atom. The van der Waals surface area contributed by atoms with Crippen molar-refractivity contribution in [3.63, 3.8) is 0 Å². The van der Waals surface area contributed by atoms with Gasteiger partial charge >= 0.3 is 0 Å². The number of nitrogens with zero attached hydrogens (tertiary/aromatic N) is 2. The third kappa shape index (κ3) is 4.16. The lowest BCUT2D eigenvalue weighted by Crippen LogP contribution is -2.52. The minimum absolute atomic E-state index is 0.492. The van der Waals surface area contributed by atoms with Crippen molar-refractivity contribution in [3.05, 3.63) is 35.9 Å². The summed E-state index contributed by atoms with van der Waals surface area (Å²) in [5.74, 6) is 0. The van der Waals surface area contributed by atoms with Crippen LogP contribution in [-0.4, -0.2) is 55.2 Å². The highest BCUT2D eigenvalue weighted by molar-refractivity contribution is 7.88. The molecule has 0 unspecified atom stereocenters. The van der Waals surface area contributed by atoms with Crippen LogP contribution in [0, 0.1) is 0 Å². The van der Waals surface area contributed by atoms with Gasteiger partial charge in [0.2, 0.25) is 10.0 Å². The lowest BCUT2D eigenvalue weighted by Gasteiger charge is -2.34. The summed E-state index contributed by atoms with van der Waals surface area (Å²) >= 11 is 5.35. The van der Waals surface area contributed by atoms with Gasteiger partial charge in [0, 0.05) is 32.7 Å². The van der Waals surface area contributed by atoms with Crippen molar-refractivity contribution in [3.8, 4) is 0 Å². The van der Waals surface area contributed by atoms with Crippen molar-refractivity contribution in [2.45, 2.75) is 6.54 Å². The van der Waals surface area contributed by atoms with E-state index in [4.69, 9.17) is 12.2 Å². The van der Waals surface area contributed by atoms with Gasteiger partial charge in [-0.15, -0.1) is 0 Å². The molecule has 0 saturated carbocycles. The number of thiocarbonyl (C=S) groups is 1. The first-order valence-corrected chi connectivity index (χ1v) is 8.74. The van der Waals surface area contributed by atoms with Crippen LogP contribution in [-0.2, 0) is 16.6 Å². The zero-order chi connectivity index (χ0) is 14.6. The van der Waals surface area contributed by atoms with Crippen LogP contribution in [0.2, 0.25) is 0 Å². The Balaban J connectivity index is 1.80. The first-order valence-electron chi connectivity index (χ1n) is 6.48. The van der Waals surface area contributed by atoms with Crippen LogP contribution in [0.5, 0.6) is 0 Å². The number of rotatable bonds is 3. The van der Waals surface area contributed by atoms with Gasteiger partial charge in [0.25, 0.3) is 0 Å². The first kappa shape index (κ1) is 15.2. The van der Waals surface area contributed by atoms with E-state index in [1.54, 1.807) is 0 Å². The van der Waals surface area contributed by atoms with Crippen LogP contribution in [0.4, 0.5) is 0 Å². The van der Waals surface area contributed by atoms with Crippen LogP contribution in [0.3, 0.4) is 0 Å². The Hall–Kier alpha value is -1.18. The lowest BCUT2D eigenvalue weighted by molar-refractivity contribution is 0.265. The molecule has 1 aromatic rings. The fourth-order valence-electron chi connectivity index (χ4n) is 2.11. The van der Waals surface area contributed by atoms with Crippen molar-refractivity contribution in [2.24, 2.45) is 0 Å². The molecule has 1 aliphatic rings. The fourth-order valence-corrected chi connectivity index (χ4v) is 3.19. The highest BCUT2D eigenvalue weighted by Gasteiger charge is 2.24. The van der Waals surface area contributed by atoms with Crippen molar-refractivity contribution in [2.75, 3.05) is 32.4 Å². The smallest absolute Gasteiger partial charge is 0.211 e. The molecule has 1 saturated heterocycles. The fraction of sp³-hybridized carbons (Fsp3) is 0.462. The highest BCUT2D eigenvalue weighted by atomic mass is 32.2. The van der Waals surface area contributed by atoms with Crippen LogP contribution < -0.4 is 5.32 Å². The zero-order valence-electron chi connectivity index (χ0n) is 11.4. The third-order valence-corrected chi connectivity index (χ3v) is 4.99. The maximum absolute atomic E-state index is 11.4. The van der Waals surface area contributed by atoms with E-state index in [1.165, 1.54) is 16.1 Å². The Labute approximate surface area is 125 Å². The molecule has 110 valence electrons. The number of sulfonamides is 1. The van der Waals surface area contributed by atoms with Gasteiger partial charge in [-0.1, -0.05) is 30.3 Å². The minimum atomic E-state index is -3.09. The topological polar surface area (TPSA) is 52.7 Å². The third-order valence-electron chi connectivity index (χ3n) is 3.28. The monoisotopic (exact) mass is 313 g/mol. The van der Waals surface area contributed by atoms with E-state index in [-0.39, 0.29) is 0 Å². The molecule has 0 aromatic heterocycles. The van der Waals surface area contributed by atoms with Crippen molar-refractivity contribution in [1.29, 1.82) is 0 Å². The van der Waals surface area contributed by atoms with Gasteiger partial charge in [-0.05, 0) is 17.8 Å². The summed E-state index contributed by atoms with van der Waals surface area (Å²) in [6.45, 7) is 2.94. The zero-order valence-corrected chi connectivity index (χ0v) is 13.1. The predicted molar refractivity (Wildman–Crippen MR) is 83.9 cm³/mol. The van der Waals surface area contributed by atoms with E-state index in [1.807, 2.05) is 35.2 Å². The molecular weight excluding hydrogens is 294 g/mol. The maximum atomic E-state index is 11.4. The molecule has 20 heavy (non-hydrogen) atoms. The Bertz CT molecular complexity index is 552. The average Bonchev–Trinajstić information content (AvgIpc) is 2.45. The molecule has 2 rings (SSSR count). The molecule has 0 radical (unpaired) electrons. The molecule has 1 fully saturated rings. The van der Waals surface area contributed by atoms with Gasteiger partial charge in [0.15, 0.2) is 5.11 Å². The van der Waals surface area contributed by atoms with Crippen molar-refractivity contribution in [1.82, 2.24) is 14.5 Å². The number of benzene rings is 1. The van der Waals surface area contributed by atoms with Gasteiger partial charge in [0.05, 0.1) is 6.26 Å². The van der Waals surface area contributed by atoms with E-state index < -0.39 is 10.0 Å². The van der Waals surface area contributed by atoms with Crippen LogP contribution in [0.1, 0.15) is 5.56 Å². The molecule has 1 heterocycles. The summed E-state index contributed by atoms with van der Waals surface area (Å²) < 4.78 is 24.4. The van der Waals surface area contributed by atoms with Gasteiger partial charge in [-0.25, -0.2) is 8.42 Å². The summed E-state index contributed by atoms with van der Waals surface area (Å²) in [4.78, 5) is 2.01. The highest BCUT2D eigenvalue weighted by Crippen LogP contribution is 2.06. The van der Waals surface area contributed by atoms with Gasteiger partial charge < -0.3 is 10.2 Å². The standard InChI is InChI=1S/C13H19N3O2S2/c1-20(17,18)16-9-7-15(8-10-16)13(19)14-11-12-5-3-2-4-6-12/h2-6H,7-11H2,1H3,(H,14,19). The Morgan fingerprint density at radius 1 is 1.20 bits per heavy atom. The molecule has 5 nitrogen and oxygen atoms in total. The number of hydrogen-bond acceptors (Lipinski definition) is 3. The normalized spacial score (nSPS) is 16.9. The van der Waals surface area contributed by atoms with E-state index in [9.17, 15) is 8.42 Å². The molecule has 0 amide bonds. The molecule has 0 spiro atoms. The number of piperazine rings is 1. The summed E-state index contributed by atoms with van der Waals surface area (Å²) in [7, 11) is -3.09. The second-order valence-electron chi connectivity index (χ2n) is 4.79. The minimum Gasteiger partial charge on any atom is -0.358 e. The number of hydrogen-bond donors (Lipinski definition) is 1. The largest absolute Gasteiger partial charge is 0.358 e. The summed E-state index contributed by atoms with van der Waals surface area (Å²) in [6.07, 6.45) is 1.24. The molecule has 1 N–H and O–H groups in total. The second-order valence-corrected chi connectivity index (χ2v) is 7.16. The van der Waals surface area contributed by atoms with Gasteiger partial charge in [0.1, 0.15) is 0 Å². The van der Waals surface area contributed by atoms with Crippen LogP contribution in [0.25, 0.3) is 0 Å². The van der Waals surface area contributed by atoms with Crippen LogP contribution in [0.15, 0.2) is 30.3 Å². The molecule has 1 aromatic carbocycles. The number of nitrogens with one attached hydrogen (secondary N) is 1. The maximum Gasteiger partial charge on any atom is 0.211 e. The Kier molecular flexibility index (Phi) is 4.95. The predicted octanol–water partition coefficient (Wildman–Crippen LogP) is 0.638. The Morgan fingerprint density at radius 2 is 1.80 bits per heavy atom. The van der Waals surface area contributed by atoms with E-state index >= 15 is 0 Å². The van der Waals surface area contributed by atoms with Gasteiger partial charge in [-0.3, -0.25) is 0 Å². The van der Waals surface area contributed by atoms with E-state index in [2.05, 4.69) is 5.32 Å². The van der Waals surface area contributed by atoms with Crippen LogP contribution >= 0.6 is 12.2 Å². The second kappa shape index (κ2) is 6.51. The lowest BCUT2D eigenvalue weighted by atomic mass is 10.2. The van der Waals surface area contributed by atoms with Crippen molar-refractivity contribution < 1.29 is 8.42 Å². The summed E-state index contributed by atoms with van der Waals surface area (Å²) in [5, 5.41) is 3.89. The van der Waals surface area contributed by atoms with Crippen molar-refractivity contribution >= 4 is 27.4 Å². The molecule has 0 aliphatic carbocycles. The van der Waals surface area contributed by atoms with E-state index in [0.717, 1.165) is 0 Å².